The zero-order valence-corrected chi connectivity index (χ0v) is 11.8. The third-order valence-electron chi connectivity index (χ3n) is 3.01. The summed E-state index contributed by atoms with van der Waals surface area (Å²) in [5.41, 5.74) is 2.42. The third kappa shape index (κ3) is 3.24. The molecule has 0 aliphatic heterocycles. The van der Waals surface area contributed by atoms with Crippen LogP contribution >= 0.6 is 11.8 Å². The van der Waals surface area contributed by atoms with Crippen molar-refractivity contribution < 1.29 is 0 Å². The van der Waals surface area contributed by atoms with E-state index in [0.29, 0.717) is 6.04 Å². The number of hydrogen-bond donors (Lipinski definition) is 1. The van der Waals surface area contributed by atoms with Crippen molar-refractivity contribution in [1.82, 2.24) is 10.3 Å². The topological polar surface area (TPSA) is 24.9 Å². The highest BCUT2D eigenvalue weighted by Gasteiger charge is 2.09. The number of aromatic nitrogens is 1. The Morgan fingerprint density at radius 2 is 2.22 bits per heavy atom. The molecule has 0 saturated heterocycles. The van der Waals surface area contributed by atoms with E-state index in [0.717, 1.165) is 11.3 Å². The fourth-order valence-electron chi connectivity index (χ4n) is 2.00. The van der Waals surface area contributed by atoms with Gasteiger partial charge in [-0.1, -0.05) is 19.1 Å². The van der Waals surface area contributed by atoms with Gasteiger partial charge in [-0.25, -0.2) is 0 Å². The van der Waals surface area contributed by atoms with Crippen molar-refractivity contribution in [3.8, 4) is 0 Å². The molecule has 2 nitrogen and oxygen atoms in total. The van der Waals surface area contributed by atoms with Gasteiger partial charge in [-0.15, -0.1) is 0 Å². The van der Waals surface area contributed by atoms with Crippen LogP contribution in [0.4, 0.5) is 0 Å². The number of nitrogens with zero attached hydrogens (tertiary/aromatic N) is 1. The van der Waals surface area contributed by atoms with Gasteiger partial charge >= 0.3 is 0 Å². The molecule has 0 radical (unpaired) electrons. The minimum atomic E-state index is 0.422. The summed E-state index contributed by atoms with van der Waals surface area (Å²) in [7, 11) is 2.03. The molecule has 0 fully saturated rings. The Morgan fingerprint density at radius 3 is 3.00 bits per heavy atom. The lowest BCUT2D eigenvalue weighted by atomic mass is 10.1. The largest absolute Gasteiger partial charge is 0.312 e. The number of rotatable bonds is 6. The zero-order chi connectivity index (χ0) is 12.8. The second-order valence-corrected chi connectivity index (χ2v) is 5.52. The molecule has 1 N–H and O–H groups in total. The predicted octanol–water partition coefficient (Wildman–Crippen LogP) is 3.64. The SMILES string of the molecule is CCCSCC(NC)c1ccc2ncccc2c1. The summed E-state index contributed by atoms with van der Waals surface area (Å²) in [6.07, 6.45) is 3.08. The summed E-state index contributed by atoms with van der Waals surface area (Å²) in [4.78, 5) is 4.36. The van der Waals surface area contributed by atoms with E-state index in [4.69, 9.17) is 0 Å². The zero-order valence-electron chi connectivity index (χ0n) is 11.0. The molecule has 0 bridgehead atoms. The maximum Gasteiger partial charge on any atom is 0.0702 e. The average molecular weight is 260 g/mol. The Kier molecular flexibility index (Phi) is 5.02. The van der Waals surface area contributed by atoms with Crippen LogP contribution in [0.3, 0.4) is 0 Å². The molecule has 0 saturated carbocycles. The lowest BCUT2D eigenvalue weighted by Gasteiger charge is -2.16. The molecule has 0 amide bonds. The lowest BCUT2D eigenvalue weighted by molar-refractivity contribution is 0.662. The number of hydrogen-bond acceptors (Lipinski definition) is 3. The molecule has 96 valence electrons. The van der Waals surface area contributed by atoms with E-state index in [1.165, 1.54) is 23.1 Å². The number of benzene rings is 1. The highest BCUT2D eigenvalue weighted by Crippen LogP contribution is 2.22. The van der Waals surface area contributed by atoms with Gasteiger partial charge in [-0.2, -0.15) is 11.8 Å². The molecule has 1 aromatic heterocycles. The first-order chi connectivity index (χ1) is 8.85. The van der Waals surface area contributed by atoms with Gasteiger partial charge in [0.25, 0.3) is 0 Å². The first-order valence-corrected chi connectivity index (χ1v) is 7.60. The molecule has 2 aromatic rings. The van der Waals surface area contributed by atoms with Gasteiger partial charge in [0.2, 0.25) is 0 Å². The van der Waals surface area contributed by atoms with E-state index in [1.54, 1.807) is 0 Å². The van der Waals surface area contributed by atoms with Crippen molar-refractivity contribution in [1.29, 1.82) is 0 Å². The van der Waals surface area contributed by atoms with Crippen molar-refractivity contribution in [3.63, 3.8) is 0 Å². The van der Waals surface area contributed by atoms with Crippen molar-refractivity contribution in [2.45, 2.75) is 19.4 Å². The fraction of sp³-hybridized carbons (Fsp3) is 0.400. The Morgan fingerprint density at radius 1 is 1.33 bits per heavy atom. The van der Waals surface area contributed by atoms with Gasteiger partial charge in [-0.3, -0.25) is 4.98 Å². The summed E-state index contributed by atoms with van der Waals surface area (Å²) in [6.45, 7) is 2.23. The molecular formula is C15H20N2S. The average Bonchev–Trinajstić information content (AvgIpc) is 2.43. The van der Waals surface area contributed by atoms with Crippen molar-refractivity contribution in [2.75, 3.05) is 18.6 Å². The first-order valence-electron chi connectivity index (χ1n) is 6.45. The Balaban J connectivity index is 2.17. The molecule has 2 rings (SSSR count). The number of nitrogens with one attached hydrogen (secondary N) is 1. The second-order valence-electron chi connectivity index (χ2n) is 4.37. The van der Waals surface area contributed by atoms with Gasteiger partial charge in [0, 0.05) is 23.4 Å². The van der Waals surface area contributed by atoms with Crippen LogP contribution in [0.15, 0.2) is 36.5 Å². The standard InChI is InChI=1S/C15H20N2S/c1-3-9-18-11-15(16-2)13-6-7-14-12(10-13)5-4-8-17-14/h4-8,10,15-16H,3,9,11H2,1-2H3. The monoisotopic (exact) mass is 260 g/mol. The first kappa shape index (κ1) is 13.4. The van der Waals surface area contributed by atoms with Gasteiger partial charge < -0.3 is 5.32 Å². The van der Waals surface area contributed by atoms with Crippen LogP contribution in [0.1, 0.15) is 24.9 Å². The van der Waals surface area contributed by atoms with Crippen LogP contribution in [-0.4, -0.2) is 23.5 Å². The third-order valence-corrected chi connectivity index (χ3v) is 4.28. The summed E-state index contributed by atoms with van der Waals surface area (Å²) in [6, 6.07) is 11.1. The van der Waals surface area contributed by atoms with Crippen molar-refractivity contribution in [3.05, 3.63) is 42.1 Å². The number of pyridine rings is 1. The molecule has 0 aliphatic carbocycles. The normalized spacial score (nSPS) is 12.8. The van der Waals surface area contributed by atoms with Crippen LogP contribution in [0.25, 0.3) is 10.9 Å². The lowest BCUT2D eigenvalue weighted by Crippen LogP contribution is -2.18. The maximum atomic E-state index is 4.36. The minimum absolute atomic E-state index is 0.422. The maximum absolute atomic E-state index is 4.36. The van der Waals surface area contributed by atoms with Gasteiger partial charge in [0.1, 0.15) is 0 Å². The van der Waals surface area contributed by atoms with Crippen LogP contribution in [0.5, 0.6) is 0 Å². The van der Waals surface area contributed by atoms with Crippen LogP contribution < -0.4 is 5.32 Å². The Hall–Kier alpha value is -1.06. The second kappa shape index (κ2) is 6.76. The van der Waals surface area contributed by atoms with E-state index < -0.39 is 0 Å². The van der Waals surface area contributed by atoms with E-state index in [-0.39, 0.29) is 0 Å². The molecule has 1 heterocycles. The summed E-state index contributed by atoms with van der Waals surface area (Å²) in [5, 5.41) is 4.62. The fourth-order valence-corrected chi connectivity index (χ4v) is 3.05. The summed E-state index contributed by atoms with van der Waals surface area (Å²) in [5.74, 6) is 2.35. The van der Waals surface area contributed by atoms with Crippen molar-refractivity contribution >= 4 is 22.7 Å². The number of fused-ring (bicyclic) bond motifs is 1. The molecule has 1 aromatic carbocycles. The number of thioether (sulfide) groups is 1. The van der Waals surface area contributed by atoms with Gasteiger partial charge in [0.15, 0.2) is 0 Å². The molecule has 3 heteroatoms. The van der Waals surface area contributed by atoms with Crippen molar-refractivity contribution in [2.24, 2.45) is 0 Å². The quantitative estimate of drug-likeness (QED) is 0.803. The van der Waals surface area contributed by atoms with Gasteiger partial charge in [-0.05, 0) is 43.0 Å². The summed E-state index contributed by atoms with van der Waals surface area (Å²) >= 11 is 2.01. The molecule has 18 heavy (non-hydrogen) atoms. The predicted molar refractivity (Wildman–Crippen MR) is 81.2 cm³/mol. The van der Waals surface area contributed by atoms with Crippen LogP contribution in [-0.2, 0) is 0 Å². The van der Waals surface area contributed by atoms with E-state index in [9.17, 15) is 0 Å². The van der Waals surface area contributed by atoms with E-state index in [2.05, 4.69) is 41.5 Å². The highest BCUT2D eigenvalue weighted by molar-refractivity contribution is 7.99. The Labute approximate surface area is 113 Å². The highest BCUT2D eigenvalue weighted by atomic mass is 32.2. The molecule has 1 atom stereocenters. The van der Waals surface area contributed by atoms with Crippen LogP contribution in [0, 0.1) is 0 Å². The molecule has 0 spiro atoms. The van der Waals surface area contributed by atoms with E-state index in [1.807, 2.05) is 31.1 Å². The summed E-state index contributed by atoms with van der Waals surface area (Å²) < 4.78 is 0. The van der Waals surface area contributed by atoms with E-state index >= 15 is 0 Å². The van der Waals surface area contributed by atoms with Crippen LogP contribution in [0.2, 0.25) is 0 Å². The molecule has 0 aliphatic rings. The molecule has 1 unspecified atom stereocenters. The minimum Gasteiger partial charge on any atom is -0.312 e. The molecular weight excluding hydrogens is 240 g/mol. The smallest absolute Gasteiger partial charge is 0.0702 e. The Bertz CT molecular complexity index is 499. The van der Waals surface area contributed by atoms with Gasteiger partial charge in [0.05, 0.1) is 5.52 Å².